The molecule has 0 aliphatic heterocycles. The Hall–Kier alpha value is -3.10. The molecule has 0 atom stereocenters. The molecule has 0 aliphatic carbocycles. The molecule has 3 heterocycles. The summed E-state index contributed by atoms with van der Waals surface area (Å²) in [6, 6.07) is 1.55. The van der Waals surface area contributed by atoms with Gasteiger partial charge in [0.1, 0.15) is 12.9 Å². The van der Waals surface area contributed by atoms with Crippen molar-refractivity contribution in [2.24, 2.45) is 7.05 Å². The third-order valence-electron chi connectivity index (χ3n) is 2.84. The monoisotopic (exact) mass is 290 g/mol. The summed E-state index contributed by atoms with van der Waals surface area (Å²) in [5.74, 6) is 0.488. The largest absolute Gasteiger partial charge is 0.472 e. The molecule has 0 radical (unpaired) electrons. The summed E-state index contributed by atoms with van der Waals surface area (Å²) in [5, 5.41) is 12.1. The molecule has 9 heteroatoms. The van der Waals surface area contributed by atoms with Crippen molar-refractivity contribution in [3.63, 3.8) is 0 Å². The van der Waals surface area contributed by atoms with Gasteiger partial charge in [-0.1, -0.05) is 12.7 Å². The van der Waals surface area contributed by atoms with E-state index in [0.29, 0.717) is 11.1 Å². The second-order valence-corrected chi connectivity index (χ2v) is 4.13. The Morgan fingerprint density at radius 3 is 3.10 bits per heavy atom. The van der Waals surface area contributed by atoms with Gasteiger partial charge in [0.15, 0.2) is 1.41 Å². The number of hydrogen-bond acceptors (Lipinski definition) is 6. The molecule has 0 saturated carbocycles. The van der Waals surface area contributed by atoms with E-state index in [2.05, 4.69) is 22.1 Å². The highest BCUT2D eigenvalue weighted by atomic mass is 16.5. The lowest BCUT2D eigenvalue weighted by molar-refractivity contribution is 0.291. The number of nitrogens with zero attached hydrogens (tertiary/aromatic N) is 5. The SMILES string of the molecule is [3H]n1ccc(OCc2c(C=C)coc2-n2nnn(C)c2=O)n1. The Bertz CT molecular complexity index is 874. The van der Waals surface area contributed by atoms with Crippen LogP contribution in [-0.2, 0) is 13.7 Å². The van der Waals surface area contributed by atoms with Crippen LogP contribution in [0.15, 0.2) is 34.3 Å². The van der Waals surface area contributed by atoms with Crippen LogP contribution < -0.4 is 10.4 Å². The fraction of sp³-hybridized carbons (Fsp3) is 0.167. The van der Waals surface area contributed by atoms with Crippen LogP contribution in [0.5, 0.6) is 5.88 Å². The van der Waals surface area contributed by atoms with Gasteiger partial charge in [-0.05, 0) is 10.4 Å². The number of ether oxygens (including phenoxy) is 1. The van der Waals surface area contributed by atoms with E-state index in [1.165, 1.54) is 19.5 Å². The third kappa shape index (κ3) is 2.24. The first-order valence-electron chi connectivity index (χ1n) is 6.44. The van der Waals surface area contributed by atoms with Crippen molar-refractivity contribution in [3.05, 3.63) is 46.7 Å². The maximum atomic E-state index is 11.9. The summed E-state index contributed by atoms with van der Waals surface area (Å²) in [7, 11) is 1.49. The lowest BCUT2D eigenvalue weighted by Crippen LogP contribution is -2.22. The summed E-state index contributed by atoms with van der Waals surface area (Å²) in [4.78, 5) is 11.9. The van der Waals surface area contributed by atoms with E-state index in [1.54, 1.807) is 12.1 Å². The van der Waals surface area contributed by atoms with E-state index in [0.717, 1.165) is 14.5 Å². The van der Waals surface area contributed by atoms with Gasteiger partial charge in [-0.2, -0.15) is 4.68 Å². The zero-order valence-electron chi connectivity index (χ0n) is 12.1. The highest BCUT2D eigenvalue weighted by Crippen LogP contribution is 2.22. The van der Waals surface area contributed by atoms with Crippen LogP contribution >= 0.6 is 0 Å². The number of aromatic nitrogens is 6. The minimum Gasteiger partial charge on any atom is -0.472 e. The molecule has 0 fully saturated rings. The van der Waals surface area contributed by atoms with Crippen molar-refractivity contribution in [1.82, 2.24) is 30.0 Å². The van der Waals surface area contributed by atoms with Crippen molar-refractivity contribution >= 4 is 6.08 Å². The van der Waals surface area contributed by atoms with Gasteiger partial charge in [-0.25, -0.2) is 4.79 Å². The molecular formula is C12H12N6O3. The summed E-state index contributed by atoms with van der Waals surface area (Å²) in [5.41, 5.74) is 0.802. The number of rotatable bonds is 5. The molecule has 0 saturated heterocycles. The molecule has 3 aromatic heterocycles. The standard InChI is InChI=1S/C12H12N6O3/c1-3-8-6-21-11(18-12(19)17(2)15-16-18)9(8)7-20-10-4-5-13-14-10/h3-6H,1,7H2,2H3,(H,13,14)/i/hT. The fourth-order valence-electron chi connectivity index (χ4n) is 1.76. The van der Waals surface area contributed by atoms with E-state index >= 15 is 0 Å². The average Bonchev–Trinajstić information content (AvgIpc) is 3.18. The van der Waals surface area contributed by atoms with Crippen molar-refractivity contribution in [2.45, 2.75) is 6.61 Å². The Labute approximate surface area is 119 Å². The van der Waals surface area contributed by atoms with Gasteiger partial charge in [0, 0.05) is 24.9 Å². The van der Waals surface area contributed by atoms with Gasteiger partial charge in [0.2, 0.25) is 11.8 Å². The number of tetrazole rings is 1. The molecule has 0 bridgehead atoms. The van der Waals surface area contributed by atoms with Gasteiger partial charge in [0.05, 0.1) is 5.56 Å². The number of aryl methyl sites for hydroxylation is 1. The van der Waals surface area contributed by atoms with Crippen LogP contribution in [0, 0.1) is 0 Å². The normalized spacial score (nSPS) is 11.4. The summed E-state index contributed by atoms with van der Waals surface area (Å²) >= 11 is 0. The highest BCUT2D eigenvalue weighted by Gasteiger charge is 2.18. The van der Waals surface area contributed by atoms with Crippen LogP contribution in [0.1, 0.15) is 11.1 Å². The van der Waals surface area contributed by atoms with E-state index < -0.39 is 5.69 Å². The Kier molecular flexibility index (Phi) is 2.85. The number of furan rings is 1. The topological polar surface area (TPSA) is 104 Å². The van der Waals surface area contributed by atoms with E-state index in [1.807, 2.05) is 0 Å². The first-order chi connectivity index (χ1) is 10.6. The zero-order chi connectivity index (χ0) is 15.7. The Morgan fingerprint density at radius 2 is 2.48 bits per heavy atom. The molecule has 9 nitrogen and oxygen atoms in total. The predicted molar refractivity (Wildman–Crippen MR) is 71.9 cm³/mol. The molecule has 3 aromatic rings. The lowest BCUT2D eigenvalue weighted by atomic mass is 10.2. The molecule has 108 valence electrons. The molecular weight excluding hydrogens is 276 g/mol. The number of aromatic amines is 1. The molecule has 0 spiro atoms. The summed E-state index contributed by atoms with van der Waals surface area (Å²) in [6.07, 6.45) is 4.47. The Morgan fingerprint density at radius 1 is 1.62 bits per heavy atom. The predicted octanol–water partition coefficient (Wildman–Crippen LogP) is 0.504. The van der Waals surface area contributed by atoms with Crippen molar-refractivity contribution < 1.29 is 10.6 Å². The average molecular weight is 290 g/mol. The fourth-order valence-corrected chi connectivity index (χ4v) is 1.76. The number of H-pyrrole nitrogens is 1. The number of hydrogen-bond donors (Lipinski definition) is 1. The quantitative estimate of drug-likeness (QED) is 0.734. The van der Waals surface area contributed by atoms with Gasteiger partial charge in [0.25, 0.3) is 0 Å². The first-order valence-corrected chi connectivity index (χ1v) is 6.00. The minimum absolute atomic E-state index is 0.0766. The molecule has 21 heavy (non-hydrogen) atoms. The van der Waals surface area contributed by atoms with Gasteiger partial charge < -0.3 is 9.15 Å². The smallest absolute Gasteiger partial charge is 0.370 e. The van der Waals surface area contributed by atoms with Crippen molar-refractivity contribution in [1.29, 1.82) is 0 Å². The van der Waals surface area contributed by atoms with Crippen LogP contribution in [0.25, 0.3) is 12.0 Å². The highest BCUT2D eigenvalue weighted by molar-refractivity contribution is 5.55. The maximum Gasteiger partial charge on any atom is 0.370 e. The summed E-state index contributed by atoms with van der Waals surface area (Å²) < 4.78 is 20.3. The van der Waals surface area contributed by atoms with Gasteiger partial charge in [-0.3, -0.25) is 5.09 Å². The van der Waals surface area contributed by atoms with E-state index in [4.69, 9.17) is 10.6 Å². The number of nitrogens with one attached hydrogen (secondary N) is 1. The first kappa shape index (κ1) is 11.7. The molecule has 0 aromatic carbocycles. The van der Waals surface area contributed by atoms with Gasteiger partial charge >= 0.3 is 5.69 Å². The molecule has 1 N–H and O–H groups in total. The molecule has 0 amide bonds. The van der Waals surface area contributed by atoms with E-state index in [9.17, 15) is 4.79 Å². The zero-order valence-corrected chi connectivity index (χ0v) is 11.1. The minimum atomic E-state index is -0.443. The second-order valence-electron chi connectivity index (χ2n) is 4.13. The molecule has 0 unspecified atom stereocenters. The van der Waals surface area contributed by atoms with Crippen LogP contribution in [0.2, 0.25) is 1.41 Å². The summed E-state index contributed by atoms with van der Waals surface area (Å²) in [6.45, 7) is 3.77. The molecule has 0 aliphatic rings. The third-order valence-corrected chi connectivity index (χ3v) is 2.84. The van der Waals surface area contributed by atoms with Crippen molar-refractivity contribution in [2.75, 3.05) is 0 Å². The molecule has 3 rings (SSSR count). The second kappa shape index (κ2) is 5.12. The van der Waals surface area contributed by atoms with Crippen molar-refractivity contribution in [3.8, 4) is 11.8 Å². The van der Waals surface area contributed by atoms with Gasteiger partial charge in [-0.15, -0.1) is 9.78 Å². The van der Waals surface area contributed by atoms with E-state index in [-0.39, 0.29) is 18.4 Å². The maximum absolute atomic E-state index is 11.9. The van der Waals surface area contributed by atoms with Crippen LogP contribution in [0.3, 0.4) is 0 Å². The van der Waals surface area contributed by atoms with Crippen LogP contribution in [0.4, 0.5) is 0 Å². The lowest BCUT2D eigenvalue weighted by Gasteiger charge is -2.03. The Balaban J connectivity index is 1.95. The van der Waals surface area contributed by atoms with Crippen LogP contribution in [-0.4, -0.2) is 30.0 Å².